The van der Waals surface area contributed by atoms with Crippen molar-refractivity contribution in [3.8, 4) is 11.5 Å². The van der Waals surface area contributed by atoms with Crippen LogP contribution >= 0.6 is 0 Å². The van der Waals surface area contributed by atoms with Gasteiger partial charge in [-0.15, -0.1) is 0 Å². The van der Waals surface area contributed by atoms with Crippen molar-refractivity contribution in [1.29, 1.82) is 0 Å². The Balaban J connectivity index is 1.50. The maximum Gasteiger partial charge on any atom is 0.191 e. The van der Waals surface area contributed by atoms with E-state index in [2.05, 4.69) is 58.1 Å². The van der Waals surface area contributed by atoms with Gasteiger partial charge in [0.05, 0.1) is 13.7 Å². The van der Waals surface area contributed by atoms with Gasteiger partial charge in [-0.25, -0.2) is 0 Å². The molecule has 0 bridgehead atoms. The number of aryl methyl sites for hydroxylation is 1. The van der Waals surface area contributed by atoms with Gasteiger partial charge in [-0.2, -0.15) is 0 Å². The van der Waals surface area contributed by atoms with Crippen LogP contribution in [0.25, 0.3) is 0 Å². The number of methoxy groups -OCH3 is 1. The number of ether oxygens (including phenoxy) is 3. The molecule has 6 heteroatoms. The summed E-state index contributed by atoms with van der Waals surface area (Å²) in [7, 11) is 3.49. The van der Waals surface area contributed by atoms with Crippen molar-refractivity contribution >= 4 is 5.96 Å². The molecule has 174 valence electrons. The molecule has 32 heavy (non-hydrogen) atoms. The highest BCUT2D eigenvalue weighted by Crippen LogP contribution is 2.34. The standard InChI is InChI=1S/C26H37N3O3/c1-4-32-24-19-21(12-13-23(24)30-3)9-8-16-28-25(27-2)29-20-26(14-17-31-18-15-26)22-10-6-5-7-11-22/h5-7,10-13,19H,4,8-9,14-18,20H2,1-3H3,(H2,27,28,29). The van der Waals surface area contributed by atoms with E-state index < -0.39 is 0 Å². The second-order valence-corrected chi connectivity index (χ2v) is 8.13. The maximum absolute atomic E-state index is 5.69. The summed E-state index contributed by atoms with van der Waals surface area (Å²) in [5, 5.41) is 7.03. The molecule has 0 radical (unpaired) electrons. The first kappa shape index (κ1) is 23.9. The number of rotatable bonds is 10. The summed E-state index contributed by atoms with van der Waals surface area (Å²) in [4.78, 5) is 4.43. The van der Waals surface area contributed by atoms with Crippen LogP contribution in [0.4, 0.5) is 0 Å². The van der Waals surface area contributed by atoms with Crippen molar-refractivity contribution in [1.82, 2.24) is 10.6 Å². The van der Waals surface area contributed by atoms with Crippen molar-refractivity contribution in [3.05, 3.63) is 59.7 Å². The Bertz CT molecular complexity index is 849. The molecule has 3 rings (SSSR count). The summed E-state index contributed by atoms with van der Waals surface area (Å²) in [6, 6.07) is 16.9. The summed E-state index contributed by atoms with van der Waals surface area (Å²) >= 11 is 0. The first-order valence-electron chi connectivity index (χ1n) is 11.6. The molecule has 2 N–H and O–H groups in total. The van der Waals surface area contributed by atoms with Gasteiger partial charge in [0, 0.05) is 38.8 Å². The number of hydrogen-bond acceptors (Lipinski definition) is 4. The summed E-state index contributed by atoms with van der Waals surface area (Å²) < 4.78 is 16.7. The topological polar surface area (TPSA) is 64.1 Å². The van der Waals surface area contributed by atoms with E-state index in [4.69, 9.17) is 14.2 Å². The Hall–Kier alpha value is -2.73. The van der Waals surface area contributed by atoms with E-state index in [-0.39, 0.29) is 5.41 Å². The predicted octanol–water partition coefficient (Wildman–Crippen LogP) is 3.94. The van der Waals surface area contributed by atoms with Gasteiger partial charge in [0.2, 0.25) is 0 Å². The summed E-state index contributed by atoms with van der Waals surface area (Å²) in [6.07, 6.45) is 3.98. The van der Waals surface area contributed by atoms with Crippen molar-refractivity contribution < 1.29 is 14.2 Å². The van der Waals surface area contributed by atoms with Crippen LogP contribution in [-0.2, 0) is 16.6 Å². The fraction of sp³-hybridized carbons (Fsp3) is 0.500. The molecule has 6 nitrogen and oxygen atoms in total. The minimum atomic E-state index is 0.0793. The molecule has 2 aromatic rings. The number of hydrogen-bond donors (Lipinski definition) is 2. The van der Waals surface area contributed by atoms with Gasteiger partial charge in [-0.1, -0.05) is 36.4 Å². The highest BCUT2D eigenvalue weighted by atomic mass is 16.5. The zero-order valence-electron chi connectivity index (χ0n) is 19.7. The molecule has 1 aliphatic rings. The SMILES string of the molecule is CCOc1cc(CCCNC(=NC)NCC2(c3ccccc3)CCOCC2)ccc1OC. The predicted molar refractivity (Wildman–Crippen MR) is 130 cm³/mol. The van der Waals surface area contributed by atoms with Crippen molar-refractivity contribution in [2.75, 3.05) is 47.1 Å². The third-order valence-corrected chi connectivity index (χ3v) is 6.12. The van der Waals surface area contributed by atoms with Gasteiger partial charge in [-0.05, 0) is 55.9 Å². The molecule has 0 atom stereocenters. The monoisotopic (exact) mass is 439 g/mol. The van der Waals surface area contributed by atoms with Crippen LogP contribution in [0.5, 0.6) is 11.5 Å². The van der Waals surface area contributed by atoms with Crippen LogP contribution < -0.4 is 20.1 Å². The first-order valence-corrected chi connectivity index (χ1v) is 11.6. The van der Waals surface area contributed by atoms with E-state index in [9.17, 15) is 0 Å². The highest BCUT2D eigenvalue weighted by molar-refractivity contribution is 5.79. The third kappa shape index (κ3) is 6.39. The third-order valence-electron chi connectivity index (χ3n) is 6.12. The Morgan fingerprint density at radius 2 is 1.84 bits per heavy atom. The molecular formula is C26H37N3O3. The van der Waals surface area contributed by atoms with E-state index in [1.54, 1.807) is 7.11 Å². The lowest BCUT2D eigenvalue weighted by molar-refractivity contribution is 0.0514. The molecule has 0 saturated carbocycles. The minimum Gasteiger partial charge on any atom is -0.493 e. The molecule has 2 aromatic carbocycles. The van der Waals surface area contributed by atoms with Crippen LogP contribution in [-0.4, -0.2) is 53.0 Å². The maximum atomic E-state index is 5.69. The summed E-state index contributed by atoms with van der Waals surface area (Å²) in [5.41, 5.74) is 2.69. The fourth-order valence-electron chi connectivity index (χ4n) is 4.24. The lowest BCUT2D eigenvalue weighted by atomic mass is 9.74. The van der Waals surface area contributed by atoms with Crippen molar-refractivity contribution in [3.63, 3.8) is 0 Å². The van der Waals surface area contributed by atoms with Gasteiger partial charge < -0.3 is 24.8 Å². The second kappa shape index (κ2) is 12.3. The van der Waals surface area contributed by atoms with Crippen LogP contribution in [0.15, 0.2) is 53.5 Å². The van der Waals surface area contributed by atoms with E-state index >= 15 is 0 Å². The minimum absolute atomic E-state index is 0.0793. The lowest BCUT2D eigenvalue weighted by Crippen LogP contribution is -2.48. The molecule has 1 saturated heterocycles. The summed E-state index contributed by atoms with van der Waals surface area (Å²) in [6.45, 7) is 5.90. The molecular weight excluding hydrogens is 402 g/mol. The van der Waals surface area contributed by atoms with Gasteiger partial charge in [0.15, 0.2) is 17.5 Å². The van der Waals surface area contributed by atoms with Crippen LogP contribution in [0.2, 0.25) is 0 Å². The fourth-order valence-corrected chi connectivity index (χ4v) is 4.24. The van der Waals surface area contributed by atoms with Crippen LogP contribution in [0.3, 0.4) is 0 Å². The molecule has 0 spiro atoms. The number of guanidine groups is 1. The summed E-state index contributed by atoms with van der Waals surface area (Å²) in [5.74, 6) is 2.43. The normalized spacial score (nSPS) is 15.8. The molecule has 1 aliphatic heterocycles. The smallest absolute Gasteiger partial charge is 0.191 e. The Morgan fingerprint density at radius 3 is 2.53 bits per heavy atom. The Morgan fingerprint density at radius 1 is 1.06 bits per heavy atom. The highest BCUT2D eigenvalue weighted by Gasteiger charge is 2.34. The van der Waals surface area contributed by atoms with Gasteiger partial charge in [0.1, 0.15) is 0 Å². The number of benzene rings is 2. The molecule has 0 unspecified atom stereocenters. The molecule has 0 amide bonds. The van der Waals surface area contributed by atoms with E-state index in [0.717, 1.165) is 69.4 Å². The Kier molecular flexibility index (Phi) is 9.23. The first-order chi connectivity index (χ1) is 15.7. The lowest BCUT2D eigenvalue weighted by Gasteiger charge is -2.38. The zero-order chi connectivity index (χ0) is 22.7. The zero-order valence-corrected chi connectivity index (χ0v) is 19.7. The van der Waals surface area contributed by atoms with Gasteiger partial charge >= 0.3 is 0 Å². The average molecular weight is 440 g/mol. The molecule has 1 fully saturated rings. The number of nitrogens with zero attached hydrogens (tertiary/aromatic N) is 1. The van der Waals surface area contributed by atoms with Gasteiger partial charge in [0.25, 0.3) is 0 Å². The number of aliphatic imine (C=N–C) groups is 1. The second-order valence-electron chi connectivity index (χ2n) is 8.13. The quantitative estimate of drug-likeness (QED) is 0.334. The molecule has 0 aromatic heterocycles. The Labute approximate surface area is 192 Å². The van der Waals surface area contributed by atoms with E-state index in [0.29, 0.717) is 6.61 Å². The van der Waals surface area contributed by atoms with E-state index in [1.807, 2.05) is 20.0 Å². The number of nitrogens with one attached hydrogen (secondary N) is 2. The van der Waals surface area contributed by atoms with Crippen LogP contribution in [0.1, 0.15) is 37.3 Å². The molecule has 1 heterocycles. The van der Waals surface area contributed by atoms with Crippen LogP contribution in [0, 0.1) is 0 Å². The van der Waals surface area contributed by atoms with Crippen molar-refractivity contribution in [2.24, 2.45) is 4.99 Å². The van der Waals surface area contributed by atoms with Gasteiger partial charge in [-0.3, -0.25) is 4.99 Å². The average Bonchev–Trinajstić information content (AvgIpc) is 2.85. The largest absolute Gasteiger partial charge is 0.493 e. The van der Waals surface area contributed by atoms with E-state index in [1.165, 1.54) is 11.1 Å². The van der Waals surface area contributed by atoms with Crippen molar-refractivity contribution in [2.45, 2.75) is 38.0 Å². The molecule has 0 aliphatic carbocycles.